The fourth-order valence-electron chi connectivity index (χ4n) is 2.64. The highest BCUT2D eigenvalue weighted by Gasteiger charge is 2.39. The Bertz CT molecular complexity index is 601. The molecule has 0 aliphatic carbocycles. The Labute approximate surface area is 122 Å². The third-order valence-corrected chi connectivity index (χ3v) is 3.94. The minimum absolute atomic E-state index is 0.0119. The molecule has 1 aliphatic heterocycles. The van der Waals surface area contributed by atoms with E-state index in [0.717, 1.165) is 25.8 Å². The minimum atomic E-state index is -0.440. The SMILES string of the molecule is CCC1(C(=O)Nc2ccc(-n3cncn3)nc2)CCCN1. The molecule has 2 N–H and O–H groups in total. The number of pyridine rings is 1. The summed E-state index contributed by atoms with van der Waals surface area (Å²) in [6, 6.07) is 3.62. The molecule has 1 aliphatic rings. The van der Waals surface area contributed by atoms with Crippen molar-refractivity contribution in [2.24, 2.45) is 0 Å². The average Bonchev–Trinajstić information content (AvgIpc) is 3.20. The van der Waals surface area contributed by atoms with Crippen molar-refractivity contribution in [3.8, 4) is 5.82 Å². The smallest absolute Gasteiger partial charge is 0.244 e. The lowest BCUT2D eigenvalue weighted by Crippen LogP contribution is -2.50. The van der Waals surface area contributed by atoms with Gasteiger partial charge in [0, 0.05) is 0 Å². The lowest BCUT2D eigenvalue weighted by molar-refractivity contribution is -0.122. The van der Waals surface area contributed by atoms with Crippen molar-refractivity contribution in [2.75, 3.05) is 11.9 Å². The Morgan fingerprint density at radius 1 is 1.52 bits per heavy atom. The average molecular weight is 286 g/mol. The Kier molecular flexibility index (Phi) is 3.66. The number of nitrogens with one attached hydrogen (secondary N) is 2. The molecule has 3 heterocycles. The van der Waals surface area contributed by atoms with Crippen LogP contribution in [0, 0.1) is 0 Å². The van der Waals surface area contributed by atoms with Gasteiger partial charge in [0.1, 0.15) is 12.7 Å². The molecule has 110 valence electrons. The van der Waals surface area contributed by atoms with Gasteiger partial charge in [-0.25, -0.2) is 14.6 Å². The van der Waals surface area contributed by atoms with Gasteiger partial charge in [-0.2, -0.15) is 5.10 Å². The van der Waals surface area contributed by atoms with E-state index in [4.69, 9.17) is 0 Å². The first-order chi connectivity index (χ1) is 10.2. The van der Waals surface area contributed by atoms with Crippen LogP contribution in [0.1, 0.15) is 26.2 Å². The molecule has 7 nitrogen and oxygen atoms in total. The van der Waals surface area contributed by atoms with Crippen LogP contribution in [0.3, 0.4) is 0 Å². The van der Waals surface area contributed by atoms with Crippen molar-refractivity contribution < 1.29 is 4.79 Å². The molecule has 21 heavy (non-hydrogen) atoms. The van der Waals surface area contributed by atoms with E-state index in [9.17, 15) is 4.79 Å². The molecule has 0 radical (unpaired) electrons. The maximum atomic E-state index is 12.5. The van der Waals surface area contributed by atoms with Crippen LogP contribution in [-0.4, -0.2) is 37.7 Å². The molecule has 1 saturated heterocycles. The van der Waals surface area contributed by atoms with E-state index in [1.54, 1.807) is 23.3 Å². The molecule has 0 bridgehead atoms. The van der Waals surface area contributed by atoms with Crippen LogP contribution in [0.15, 0.2) is 31.0 Å². The van der Waals surface area contributed by atoms with Crippen LogP contribution < -0.4 is 10.6 Å². The second kappa shape index (κ2) is 5.61. The molecular formula is C14H18N6O. The van der Waals surface area contributed by atoms with Crippen molar-refractivity contribution >= 4 is 11.6 Å². The number of carbonyl (C=O) groups excluding carboxylic acids is 1. The first kappa shape index (κ1) is 13.7. The summed E-state index contributed by atoms with van der Waals surface area (Å²) in [7, 11) is 0. The summed E-state index contributed by atoms with van der Waals surface area (Å²) < 4.78 is 1.57. The Hall–Kier alpha value is -2.28. The van der Waals surface area contributed by atoms with Crippen molar-refractivity contribution in [1.29, 1.82) is 0 Å². The van der Waals surface area contributed by atoms with Gasteiger partial charge in [-0.05, 0) is 37.9 Å². The van der Waals surface area contributed by atoms with Crippen molar-refractivity contribution in [1.82, 2.24) is 25.1 Å². The van der Waals surface area contributed by atoms with E-state index < -0.39 is 5.54 Å². The maximum absolute atomic E-state index is 12.5. The molecule has 7 heteroatoms. The number of hydrogen-bond donors (Lipinski definition) is 2. The quantitative estimate of drug-likeness (QED) is 0.880. The molecule has 2 aromatic rings. The van der Waals surface area contributed by atoms with Gasteiger partial charge in [-0.1, -0.05) is 6.92 Å². The number of hydrogen-bond acceptors (Lipinski definition) is 5. The second-order valence-electron chi connectivity index (χ2n) is 5.17. The van der Waals surface area contributed by atoms with Crippen molar-refractivity contribution in [2.45, 2.75) is 31.7 Å². The van der Waals surface area contributed by atoms with Gasteiger partial charge in [0.15, 0.2) is 5.82 Å². The highest BCUT2D eigenvalue weighted by atomic mass is 16.2. The highest BCUT2D eigenvalue weighted by molar-refractivity contribution is 5.98. The fourth-order valence-corrected chi connectivity index (χ4v) is 2.64. The molecule has 1 atom stereocenters. The van der Waals surface area contributed by atoms with Gasteiger partial charge in [0.05, 0.1) is 17.4 Å². The molecule has 0 spiro atoms. The molecule has 0 saturated carbocycles. The van der Waals surface area contributed by atoms with Crippen LogP contribution in [0.5, 0.6) is 0 Å². The van der Waals surface area contributed by atoms with Gasteiger partial charge in [0.2, 0.25) is 5.91 Å². The van der Waals surface area contributed by atoms with Gasteiger partial charge < -0.3 is 10.6 Å². The summed E-state index contributed by atoms with van der Waals surface area (Å²) >= 11 is 0. The monoisotopic (exact) mass is 286 g/mol. The topological polar surface area (TPSA) is 84.7 Å². The number of rotatable bonds is 4. The summed E-state index contributed by atoms with van der Waals surface area (Å²) in [6.07, 6.45) is 7.35. The lowest BCUT2D eigenvalue weighted by Gasteiger charge is -2.26. The number of amides is 1. The summed E-state index contributed by atoms with van der Waals surface area (Å²) in [5.41, 5.74) is 0.246. The van der Waals surface area contributed by atoms with Gasteiger partial charge >= 0.3 is 0 Å². The van der Waals surface area contributed by atoms with Gasteiger partial charge in [0.25, 0.3) is 0 Å². The lowest BCUT2D eigenvalue weighted by atomic mass is 9.93. The van der Waals surface area contributed by atoms with Crippen LogP contribution in [-0.2, 0) is 4.79 Å². The predicted molar refractivity (Wildman–Crippen MR) is 78.0 cm³/mol. The zero-order valence-electron chi connectivity index (χ0n) is 11.9. The van der Waals surface area contributed by atoms with Crippen LogP contribution in [0.2, 0.25) is 0 Å². The molecule has 3 rings (SSSR count). The first-order valence-electron chi connectivity index (χ1n) is 7.11. The van der Waals surface area contributed by atoms with E-state index in [2.05, 4.69) is 25.7 Å². The first-order valence-corrected chi connectivity index (χ1v) is 7.11. The summed E-state index contributed by atoms with van der Waals surface area (Å²) in [5, 5.41) is 10.3. The van der Waals surface area contributed by atoms with E-state index in [1.165, 1.54) is 6.33 Å². The van der Waals surface area contributed by atoms with Gasteiger partial charge in [-0.3, -0.25) is 4.79 Å². The summed E-state index contributed by atoms with van der Waals surface area (Å²) in [6.45, 7) is 2.93. The zero-order valence-corrected chi connectivity index (χ0v) is 11.9. The fraction of sp³-hybridized carbons (Fsp3) is 0.429. The highest BCUT2D eigenvalue weighted by Crippen LogP contribution is 2.24. The normalized spacial score (nSPS) is 21.4. The third kappa shape index (κ3) is 2.64. The Morgan fingerprint density at radius 2 is 2.43 bits per heavy atom. The summed E-state index contributed by atoms with van der Waals surface area (Å²) in [4.78, 5) is 20.6. The molecule has 1 amide bonds. The second-order valence-corrected chi connectivity index (χ2v) is 5.17. The van der Waals surface area contributed by atoms with Gasteiger partial charge in [-0.15, -0.1) is 0 Å². The Morgan fingerprint density at radius 3 is 3.00 bits per heavy atom. The van der Waals surface area contributed by atoms with E-state index in [1.807, 2.05) is 13.0 Å². The number of aromatic nitrogens is 4. The predicted octanol–water partition coefficient (Wildman–Crippen LogP) is 1.13. The molecule has 0 aromatic carbocycles. The van der Waals surface area contributed by atoms with E-state index >= 15 is 0 Å². The minimum Gasteiger partial charge on any atom is -0.323 e. The standard InChI is InChI=1S/C14H18N6O/c1-2-14(6-3-7-17-14)13(21)19-11-4-5-12(16-8-11)20-10-15-9-18-20/h4-5,8-10,17H,2-3,6-7H2,1H3,(H,19,21). The Balaban J connectivity index is 1.72. The number of carbonyl (C=O) groups is 1. The maximum Gasteiger partial charge on any atom is 0.244 e. The number of nitrogens with zero attached hydrogens (tertiary/aromatic N) is 4. The van der Waals surface area contributed by atoms with Crippen LogP contribution in [0.4, 0.5) is 5.69 Å². The van der Waals surface area contributed by atoms with Crippen molar-refractivity contribution in [3.05, 3.63) is 31.0 Å². The summed E-state index contributed by atoms with van der Waals surface area (Å²) in [5.74, 6) is 0.674. The largest absolute Gasteiger partial charge is 0.323 e. The third-order valence-electron chi connectivity index (χ3n) is 3.94. The van der Waals surface area contributed by atoms with E-state index in [-0.39, 0.29) is 5.91 Å². The molecular weight excluding hydrogens is 268 g/mol. The van der Waals surface area contributed by atoms with Crippen LogP contribution >= 0.6 is 0 Å². The van der Waals surface area contributed by atoms with Crippen molar-refractivity contribution in [3.63, 3.8) is 0 Å². The molecule has 2 aromatic heterocycles. The zero-order chi connectivity index (χ0) is 14.7. The number of anilines is 1. The van der Waals surface area contributed by atoms with Crippen LogP contribution in [0.25, 0.3) is 5.82 Å². The van der Waals surface area contributed by atoms with E-state index in [0.29, 0.717) is 11.5 Å². The molecule has 1 unspecified atom stereocenters. The molecule has 1 fully saturated rings.